The summed E-state index contributed by atoms with van der Waals surface area (Å²) in [7, 11) is 0. The molecule has 2 aromatic rings. The number of anilines is 2. The maximum absolute atomic E-state index is 12.0. The van der Waals surface area contributed by atoms with Crippen molar-refractivity contribution in [3.63, 3.8) is 0 Å². The zero-order valence-electron chi connectivity index (χ0n) is 9.98. The molecule has 1 aromatic heterocycles. The van der Waals surface area contributed by atoms with E-state index in [2.05, 4.69) is 15.0 Å². The summed E-state index contributed by atoms with van der Waals surface area (Å²) in [6.45, 7) is 0. The SMILES string of the molecule is N#Cc1cnccc1Nc1ccc(OC(F)(F)F)cc1. The predicted octanol–water partition coefficient (Wildman–Crippen LogP) is 3.60. The van der Waals surface area contributed by atoms with Gasteiger partial charge >= 0.3 is 6.36 Å². The Morgan fingerprint density at radius 3 is 2.45 bits per heavy atom. The van der Waals surface area contributed by atoms with Gasteiger partial charge in [-0.25, -0.2) is 0 Å². The van der Waals surface area contributed by atoms with Crippen molar-refractivity contribution in [2.75, 3.05) is 5.32 Å². The smallest absolute Gasteiger partial charge is 0.406 e. The maximum Gasteiger partial charge on any atom is 0.573 e. The van der Waals surface area contributed by atoms with Gasteiger partial charge in [-0.05, 0) is 30.3 Å². The molecular formula is C13H8F3N3O. The highest BCUT2D eigenvalue weighted by atomic mass is 19.4. The van der Waals surface area contributed by atoms with Crippen molar-refractivity contribution in [3.05, 3.63) is 48.3 Å². The van der Waals surface area contributed by atoms with Crippen molar-refractivity contribution < 1.29 is 17.9 Å². The van der Waals surface area contributed by atoms with Crippen molar-refractivity contribution >= 4 is 11.4 Å². The van der Waals surface area contributed by atoms with E-state index in [1.54, 1.807) is 6.07 Å². The summed E-state index contributed by atoms with van der Waals surface area (Å²) in [5.41, 5.74) is 1.39. The zero-order chi connectivity index (χ0) is 14.6. The third kappa shape index (κ3) is 3.62. The molecule has 0 saturated heterocycles. The highest BCUT2D eigenvalue weighted by Crippen LogP contribution is 2.25. The van der Waals surface area contributed by atoms with Crippen LogP contribution in [0.3, 0.4) is 0 Å². The molecule has 0 aliphatic heterocycles. The number of nitrogens with one attached hydrogen (secondary N) is 1. The lowest BCUT2D eigenvalue weighted by Gasteiger charge is -2.10. The molecular weight excluding hydrogens is 271 g/mol. The fourth-order valence-corrected chi connectivity index (χ4v) is 1.49. The van der Waals surface area contributed by atoms with E-state index in [1.807, 2.05) is 6.07 Å². The lowest BCUT2D eigenvalue weighted by atomic mass is 10.2. The molecule has 1 N–H and O–H groups in total. The van der Waals surface area contributed by atoms with E-state index >= 15 is 0 Å². The highest BCUT2D eigenvalue weighted by molar-refractivity contribution is 5.65. The number of ether oxygens (including phenoxy) is 1. The topological polar surface area (TPSA) is 57.9 Å². The van der Waals surface area contributed by atoms with Gasteiger partial charge in [-0.15, -0.1) is 13.2 Å². The molecule has 0 radical (unpaired) electrons. The van der Waals surface area contributed by atoms with Gasteiger partial charge in [0.25, 0.3) is 0 Å². The number of hydrogen-bond acceptors (Lipinski definition) is 4. The summed E-state index contributed by atoms with van der Waals surface area (Å²) in [4.78, 5) is 3.80. The molecule has 102 valence electrons. The molecule has 20 heavy (non-hydrogen) atoms. The quantitative estimate of drug-likeness (QED) is 0.932. The number of hydrogen-bond donors (Lipinski definition) is 1. The number of nitrogens with zero attached hydrogens (tertiary/aromatic N) is 2. The lowest BCUT2D eigenvalue weighted by Crippen LogP contribution is -2.16. The average molecular weight is 279 g/mol. The summed E-state index contributed by atoms with van der Waals surface area (Å²) in [6.07, 6.45) is -1.82. The van der Waals surface area contributed by atoms with Crippen LogP contribution in [0.15, 0.2) is 42.7 Å². The maximum atomic E-state index is 12.0. The highest BCUT2D eigenvalue weighted by Gasteiger charge is 2.30. The molecule has 2 rings (SSSR count). The average Bonchev–Trinajstić information content (AvgIpc) is 2.40. The molecule has 1 aromatic carbocycles. The van der Waals surface area contributed by atoms with E-state index < -0.39 is 6.36 Å². The van der Waals surface area contributed by atoms with E-state index in [-0.39, 0.29) is 5.75 Å². The molecule has 0 aliphatic rings. The van der Waals surface area contributed by atoms with E-state index in [0.717, 1.165) is 0 Å². The number of alkyl halides is 3. The molecule has 0 atom stereocenters. The molecule has 0 bridgehead atoms. The van der Waals surface area contributed by atoms with Crippen molar-refractivity contribution in [3.8, 4) is 11.8 Å². The number of aromatic nitrogens is 1. The Balaban J connectivity index is 2.13. The van der Waals surface area contributed by atoms with Gasteiger partial charge in [0.05, 0.1) is 11.3 Å². The van der Waals surface area contributed by atoms with Crippen LogP contribution in [0.5, 0.6) is 5.75 Å². The molecule has 0 spiro atoms. The predicted molar refractivity (Wildman–Crippen MR) is 65.4 cm³/mol. The van der Waals surface area contributed by atoms with Gasteiger partial charge in [0.1, 0.15) is 11.8 Å². The fraction of sp³-hybridized carbons (Fsp3) is 0.0769. The van der Waals surface area contributed by atoms with Gasteiger partial charge in [0.15, 0.2) is 0 Å². The lowest BCUT2D eigenvalue weighted by molar-refractivity contribution is -0.274. The molecule has 0 fully saturated rings. The second-order valence-electron chi connectivity index (χ2n) is 3.73. The number of pyridine rings is 1. The van der Waals surface area contributed by atoms with Gasteiger partial charge in [-0.1, -0.05) is 0 Å². The third-order valence-corrected chi connectivity index (χ3v) is 2.31. The Hall–Kier alpha value is -2.75. The third-order valence-electron chi connectivity index (χ3n) is 2.31. The summed E-state index contributed by atoms with van der Waals surface area (Å²) >= 11 is 0. The second-order valence-corrected chi connectivity index (χ2v) is 3.73. The largest absolute Gasteiger partial charge is 0.573 e. The van der Waals surface area contributed by atoms with Gasteiger partial charge in [0.2, 0.25) is 0 Å². The van der Waals surface area contributed by atoms with Crippen LogP contribution >= 0.6 is 0 Å². The van der Waals surface area contributed by atoms with E-state index in [9.17, 15) is 13.2 Å². The summed E-state index contributed by atoms with van der Waals surface area (Å²) in [5.74, 6) is -0.307. The summed E-state index contributed by atoms with van der Waals surface area (Å²) < 4.78 is 39.8. The van der Waals surface area contributed by atoms with Crippen LogP contribution in [0.2, 0.25) is 0 Å². The van der Waals surface area contributed by atoms with Crippen LogP contribution in [0.4, 0.5) is 24.5 Å². The zero-order valence-corrected chi connectivity index (χ0v) is 9.98. The number of nitriles is 1. The van der Waals surface area contributed by atoms with Crippen molar-refractivity contribution in [1.82, 2.24) is 4.98 Å². The van der Waals surface area contributed by atoms with Crippen molar-refractivity contribution in [2.24, 2.45) is 0 Å². The van der Waals surface area contributed by atoms with Gasteiger partial charge in [-0.2, -0.15) is 5.26 Å². The normalized spacial score (nSPS) is 10.7. The Morgan fingerprint density at radius 2 is 1.85 bits per heavy atom. The minimum atomic E-state index is -4.71. The van der Waals surface area contributed by atoms with Gasteiger partial charge < -0.3 is 10.1 Å². The Bertz CT molecular complexity index is 633. The van der Waals surface area contributed by atoms with Crippen LogP contribution in [0, 0.1) is 11.3 Å². The summed E-state index contributed by atoms with van der Waals surface area (Å²) in [5, 5.41) is 11.8. The monoisotopic (exact) mass is 279 g/mol. The van der Waals surface area contributed by atoms with Crippen molar-refractivity contribution in [1.29, 1.82) is 5.26 Å². The minimum absolute atomic E-state index is 0.307. The minimum Gasteiger partial charge on any atom is -0.406 e. The van der Waals surface area contributed by atoms with Crippen LogP contribution in [0.25, 0.3) is 0 Å². The van der Waals surface area contributed by atoms with Crippen LogP contribution < -0.4 is 10.1 Å². The van der Waals surface area contributed by atoms with Crippen molar-refractivity contribution in [2.45, 2.75) is 6.36 Å². The standard InChI is InChI=1S/C13H8F3N3O/c14-13(15,16)20-11-3-1-10(2-4-11)19-12-5-6-18-8-9(12)7-17/h1-6,8H,(H,18,19). The first-order valence-electron chi connectivity index (χ1n) is 5.45. The molecule has 1 heterocycles. The number of benzene rings is 1. The van der Waals surface area contributed by atoms with E-state index in [4.69, 9.17) is 5.26 Å². The summed E-state index contributed by atoms with van der Waals surface area (Å²) in [6, 6.07) is 8.76. The second kappa shape index (κ2) is 5.48. The molecule has 0 unspecified atom stereocenters. The Morgan fingerprint density at radius 1 is 1.15 bits per heavy atom. The molecule has 0 saturated carbocycles. The molecule has 4 nitrogen and oxygen atoms in total. The fourth-order valence-electron chi connectivity index (χ4n) is 1.49. The molecule has 0 amide bonds. The van der Waals surface area contributed by atoms with E-state index in [1.165, 1.54) is 36.7 Å². The van der Waals surface area contributed by atoms with Crippen LogP contribution in [0.1, 0.15) is 5.56 Å². The van der Waals surface area contributed by atoms with Crippen LogP contribution in [-0.2, 0) is 0 Å². The number of rotatable bonds is 3. The number of halogens is 3. The molecule has 0 aliphatic carbocycles. The first-order chi connectivity index (χ1) is 9.48. The van der Waals surface area contributed by atoms with Crippen LogP contribution in [-0.4, -0.2) is 11.3 Å². The first-order valence-corrected chi connectivity index (χ1v) is 5.45. The Labute approximate surface area is 112 Å². The van der Waals surface area contributed by atoms with Gasteiger partial charge in [-0.3, -0.25) is 4.98 Å². The van der Waals surface area contributed by atoms with Gasteiger partial charge in [0, 0.05) is 18.1 Å². The molecule has 7 heteroatoms. The van der Waals surface area contributed by atoms with E-state index in [0.29, 0.717) is 16.9 Å². The first kappa shape index (κ1) is 13.7. The Kier molecular flexibility index (Phi) is 3.75.